The van der Waals surface area contributed by atoms with Gasteiger partial charge < -0.3 is 9.15 Å². The number of Topliss-reactive ketones (excluding diaryl/α,β-unsaturated/α-hetero) is 1. The first-order valence-corrected chi connectivity index (χ1v) is 7.83. The van der Waals surface area contributed by atoms with Gasteiger partial charge in [0.1, 0.15) is 6.04 Å². The van der Waals surface area contributed by atoms with E-state index in [0.29, 0.717) is 5.02 Å². The van der Waals surface area contributed by atoms with Crippen molar-refractivity contribution in [3.63, 3.8) is 0 Å². The Morgan fingerprint density at radius 1 is 1.29 bits per heavy atom. The minimum absolute atomic E-state index is 0.157. The summed E-state index contributed by atoms with van der Waals surface area (Å²) in [5.74, 6) is -1.23. The highest BCUT2D eigenvalue weighted by Crippen LogP contribution is 2.29. The molecule has 3 rings (SSSR count). The van der Waals surface area contributed by atoms with Gasteiger partial charge in [-0.1, -0.05) is 23.7 Å². The number of benzene rings is 1. The second-order valence-electron chi connectivity index (χ2n) is 5.20. The molecule has 0 saturated heterocycles. The van der Waals surface area contributed by atoms with Crippen molar-refractivity contribution in [3.05, 3.63) is 59.0 Å². The van der Waals surface area contributed by atoms with E-state index in [9.17, 15) is 9.59 Å². The zero-order valence-electron chi connectivity index (χ0n) is 12.9. The molecule has 24 heavy (non-hydrogen) atoms. The molecule has 1 aliphatic heterocycles. The predicted molar refractivity (Wildman–Crippen MR) is 88.2 cm³/mol. The summed E-state index contributed by atoms with van der Waals surface area (Å²) in [5, 5.41) is 4.61. The number of furan rings is 1. The second kappa shape index (κ2) is 6.88. The van der Waals surface area contributed by atoms with Crippen LogP contribution in [0, 0.1) is 0 Å². The van der Waals surface area contributed by atoms with Crippen LogP contribution in [-0.2, 0) is 9.53 Å². The third-order valence-electron chi connectivity index (χ3n) is 3.71. The van der Waals surface area contributed by atoms with Crippen molar-refractivity contribution < 1.29 is 18.7 Å². The van der Waals surface area contributed by atoms with E-state index in [2.05, 4.69) is 10.5 Å². The van der Waals surface area contributed by atoms with Crippen molar-refractivity contribution in [3.8, 4) is 0 Å². The van der Waals surface area contributed by atoms with Crippen LogP contribution < -0.4 is 5.43 Å². The molecule has 2 atom stereocenters. The van der Waals surface area contributed by atoms with Crippen LogP contribution in [0.5, 0.6) is 0 Å². The Morgan fingerprint density at radius 3 is 2.67 bits per heavy atom. The molecule has 2 aromatic rings. The number of esters is 1. The van der Waals surface area contributed by atoms with E-state index in [1.807, 2.05) is 0 Å². The summed E-state index contributed by atoms with van der Waals surface area (Å²) in [7, 11) is 0. The number of carbonyl (C=O) groups is 2. The number of nitrogens with one attached hydrogen (secondary N) is 1. The minimum Gasteiger partial charge on any atom is -0.461 e. The maximum Gasteiger partial charge on any atom is 0.355 e. The number of halogens is 1. The molecular formula is C17H15ClN2O4. The second-order valence-corrected chi connectivity index (χ2v) is 5.63. The zero-order chi connectivity index (χ0) is 17.1. The van der Waals surface area contributed by atoms with Gasteiger partial charge in [-0.2, -0.15) is 5.10 Å². The number of nitrogens with zero attached hydrogens (tertiary/aromatic N) is 1. The average Bonchev–Trinajstić information content (AvgIpc) is 3.25. The summed E-state index contributed by atoms with van der Waals surface area (Å²) in [6.45, 7) is 1.94. The molecular weight excluding hydrogens is 332 g/mol. The van der Waals surface area contributed by atoms with E-state index in [1.54, 1.807) is 43.3 Å². The molecule has 6 nitrogen and oxygen atoms in total. The van der Waals surface area contributed by atoms with Crippen LogP contribution in [0.1, 0.15) is 29.0 Å². The van der Waals surface area contributed by atoms with Crippen LogP contribution in [0.15, 0.2) is 52.2 Å². The van der Waals surface area contributed by atoms with E-state index < -0.39 is 17.9 Å². The molecule has 124 valence electrons. The molecule has 1 N–H and O–H groups in total. The molecule has 0 aliphatic carbocycles. The van der Waals surface area contributed by atoms with Crippen LogP contribution in [-0.4, -0.2) is 30.1 Å². The lowest BCUT2D eigenvalue weighted by atomic mass is 9.85. The van der Waals surface area contributed by atoms with Crippen molar-refractivity contribution in [2.24, 2.45) is 5.10 Å². The van der Waals surface area contributed by atoms with Gasteiger partial charge in [-0.15, -0.1) is 0 Å². The lowest BCUT2D eigenvalue weighted by Gasteiger charge is -2.19. The van der Waals surface area contributed by atoms with Gasteiger partial charge in [-0.3, -0.25) is 10.2 Å². The fraction of sp³-hybridized carbons (Fsp3) is 0.235. The number of hydrogen-bond acceptors (Lipinski definition) is 6. The van der Waals surface area contributed by atoms with Crippen molar-refractivity contribution in [2.75, 3.05) is 6.61 Å². The Kier molecular flexibility index (Phi) is 4.66. The van der Waals surface area contributed by atoms with Gasteiger partial charge in [0.15, 0.2) is 11.5 Å². The Bertz CT molecular complexity index is 768. The molecule has 0 spiro atoms. The molecule has 0 amide bonds. The smallest absolute Gasteiger partial charge is 0.355 e. The van der Waals surface area contributed by atoms with Gasteiger partial charge in [0.25, 0.3) is 0 Å². The molecule has 0 fully saturated rings. The van der Waals surface area contributed by atoms with Crippen LogP contribution in [0.25, 0.3) is 0 Å². The highest BCUT2D eigenvalue weighted by Gasteiger charge is 2.42. The number of hydrogen-bond donors (Lipinski definition) is 1. The van der Waals surface area contributed by atoms with Gasteiger partial charge in [0, 0.05) is 5.02 Å². The third kappa shape index (κ3) is 3.05. The SMILES string of the molecule is CCOC(=O)C1=NNC(C(=O)c2ccco2)C1c1ccc(Cl)cc1. The molecule has 1 aliphatic rings. The van der Waals surface area contributed by atoms with Gasteiger partial charge in [-0.05, 0) is 36.8 Å². The molecule has 2 heterocycles. The highest BCUT2D eigenvalue weighted by molar-refractivity contribution is 6.40. The lowest BCUT2D eigenvalue weighted by Crippen LogP contribution is -2.37. The molecule has 1 aromatic heterocycles. The topological polar surface area (TPSA) is 80.9 Å². The molecule has 0 bridgehead atoms. The number of hydrazone groups is 1. The number of carbonyl (C=O) groups excluding carboxylic acids is 2. The Morgan fingerprint density at radius 2 is 2.04 bits per heavy atom. The first kappa shape index (κ1) is 16.3. The summed E-state index contributed by atoms with van der Waals surface area (Å²) in [5.41, 5.74) is 3.64. The van der Waals surface area contributed by atoms with Gasteiger partial charge in [0.2, 0.25) is 5.78 Å². The van der Waals surface area contributed by atoms with E-state index in [1.165, 1.54) is 6.26 Å². The quantitative estimate of drug-likeness (QED) is 0.665. The van der Waals surface area contributed by atoms with Gasteiger partial charge in [-0.25, -0.2) is 4.79 Å². The van der Waals surface area contributed by atoms with Crippen LogP contribution in [0.2, 0.25) is 5.02 Å². The summed E-state index contributed by atoms with van der Waals surface area (Å²) in [4.78, 5) is 24.9. The zero-order valence-corrected chi connectivity index (χ0v) is 13.6. The summed E-state index contributed by atoms with van der Waals surface area (Å²) in [6, 6.07) is 9.38. The molecule has 1 aromatic carbocycles. The third-order valence-corrected chi connectivity index (χ3v) is 3.96. The number of rotatable bonds is 5. The Labute approximate surface area is 143 Å². The molecule has 0 radical (unpaired) electrons. The van der Waals surface area contributed by atoms with Crippen molar-refractivity contribution >= 4 is 29.1 Å². The first-order valence-electron chi connectivity index (χ1n) is 7.45. The average molecular weight is 347 g/mol. The van der Waals surface area contributed by atoms with Gasteiger partial charge >= 0.3 is 5.97 Å². The van der Waals surface area contributed by atoms with Crippen molar-refractivity contribution in [1.29, 1.82) is 0 Å². The van der Waals surface area contributed by atoms with E-state index in [4.69, 9.17) is 20.8 Å². The van der Waals surface area contributed by atoms with Crippen LogP contribution in [0.4, 0.5) is 0 Å². The highest BCUT2D eigenvalue weighted by atomic mass is 35.5. The standard InChI is InChI=1S/C17H15ClN2O4/c1-2-23-17(22)15-13(10-5-7-11(18)8-6-10)14(19-20-15)16(21)12-4-3-9-24-12/h3-9,13-14,19H,2H2,1H3. The summed E-state index contributed by atoms with van der Waals surface area (Å²) >= 11 is 5.93. The van der Waals surface area contributed by atoms with E-state index >= 15 is 0 Å². The van der Waals surface area contributed by atoms with Crippen molar-refractivity contribution in [1.82, 2.24) is 5.43 Å². The Balaban J connectivity index is 1.96. The first-order chi connectivity index (χ1) is 11.6. The van der Waals surface area contributed by atoms with E-state index in [0.717, 1.165) is 5.56 Å². The maximum absolute atomic E-state index is 12.7. The number of ether oxygens (including phenoxy) is 1. The predicted octanol–water partition coefficient (Wildman–Crippen LogP) is 2.79. The fourth-order valence-corrected chi connectivity index (χ4v) is 2.75. The fourth-order valence-electron chi connectivity index (χ4n) is 2.62. The maximum atomic E-state index is 12.7. The normalized spacial score (nSPS) is 19.5. The van der Waals surface area contributed by atoms with Gasteiger partial charge in [0.05, 0.1) is 18.8 Å². The minimum atomic E-state index is -0.753. The number of ketones is 1. The van der Waals surface area contributed by atoms with Crippen LogP contribution >= 0.6 is 11.6 Å². The van der Waals surface area contributed by atoms with Crippen LogP contribution in [0.3, 0.4) is 0 Å². The Hall–Kier alpha value is -2.60. The van der Waals surface area contributed by atoms with E-state index in [-0.39, 0.29) is 23.9 Å². The monoisotopic (exact) mass is 346 g/mol. The summed E-state index contributed by atoms with van der Waals surface area (Å²) in [6.07, 6.45) is 1.42. The molecule has 7 heteroatoms. The van der Waals surface area contributed by atoms with Crippen molar-refractivity contribution in [2.45, 2.75) is 18.9 Å². The molecule has 0 saturated carbocycles. The summed E-state index contributed by atoms with van der Waals surface area (Å²) < 4.78 is 10.2. The largest absolute Gasteiger partial charge is 0.461 e. The lowest BCUT2D eigenvalue weighted by molar-refractivity contribution is -0.135. The molecule has 2 unspecified atom stereocenters.